The maximum atomic E-state index is 11.2. The van der Waals surface area contributed by atoms with Crippen molar-refractivity contribution in [2.24, 2.45) is 10.8 Å². The van der Waals surface area contributed by atoms with Gasteiger partial charge in [0.1, 0.15) is 6.10 Å². The molecule has 0 spiro atoms. The molecular formula is C10H16O3. The lowest BCUT2D eigenvalue weighted by molar-refractivity contribution is -0.142. The van der Waals surface area contributed by atoms with Gasteiger partial charge in [-0.05, 0) is 0 Å². The zero-order valence-electron chi connectivity index (χ0n) is 8.33. The van der Waals surface area contributed by atoms with Crippen LogP contribution in [0.3, 0.4) is 0 Å². The summed E-state index contributed by atoms with van der Waals surface area (Å²) in [5, 5.41) is 9.82. The molecule has 0 aromatic rings. The lowest BCUT2D eigenvalue weighted by Crippen LogP contribution is -2.38. The molecule has 0 unspecified atom stereocenters. The molecule has 3 heteroatoms. The van der Waals surface area contributed by atoms with Crippen LogP contribution in [0.25, 0.3) is 0 Å². The highest BCUT2D eigenvalue weighted by Gasteiger charge is 2.62. The standard InChI is InChI=1S/C10H16O3/c1-9(2)6(11)4-7-10(9,3)5-8(12)13-7/h6-7,11H,4-5H2,1-3H3/t6-,7+,10+/m0/s1. The zero-order valence-corrected chi connectivity index (χ0v) is 8.33. The van der Waals surface area contributed by atoms with E-state index >= 15 is 0 Å². The van der Waals surface area contributed by atoms with Gasteiger partial charge < -0.3 is 9.84 Å². The minimum Gasteiger partial charge on any atom is -0.462 e. The van der Waals surface area contributed by atoms with E-state index in [-0.39, 0.29) is 29.0 Å². The van der Waals surface area contributed by atoms with Crippen LogP contribution < -0.4 is 0 Å². The summed E-state index contributed by atoms with van der Waals surface area (Å²) in [4.78, 5) is 11.2. The number of ether oxygens (including phenoxy) is 1. The van der Waals surface area contributed by atoms with Crippen molar-refractivity contribution >= 4 is 5.97 Å². The number of carbonyl (C=O) groups excluding carboxylic acids is 1. The minimum atomic E-state index is -0.351. The molecule has 0 aromatic heterocycles. The largest absolute Gasteiger partial charge is 0.462 e. The first-order chi connectivity index (χ1) is 5.88. The summed E-state index contributed by atoms with van der Waals surface area (Å²) in [6.07, 6.45) is 0.609. The van der Waals surface area contributed by atoms with E-state index in [1.807, 2.05) is 20.8 Å². The van der Waals surface area contributed by atoms with Gasteiger partial charge in [-0.1, -0.05) is 20.8 Å². The van der Waals surface area contributed by atoms with Crippen molar-refractivity contribution in [1.82, 2.24) is 0 Å². The van der Waals surface area contributed by atoms with E-state index < -0.39 is 0 Å². The number of aliphatic hydroxyl groups is 1. The molecule has 1 saturated heterocycles. The van der Waals surface area contributed by atoms with Crippen LogP contribution in [0.15, 0.2) is 0 Å². The molecule has 74 valence electrons. The summed E-state index contributed by atoms with van der Waals surface area (Å²) in [5.41, 5.74) is -0.396. The molecule has 1 aliphatic carbocycles. The van der Waals surface area contributed by atoms with Crippen molar-refractivity contribution in [2.75, 3.05) is 0 Å². The highest BCUT2D eigenvalue weighted by molar-refractivity contribution is 5.73. The third-order valence-electron chi connectivity index (χ3n) is 4.24. The molecule has 0 amide bonds. The molecule has 0 radical (unpaired) electrons. The number of hydrogen-bond donors (Lipinski definition) is 1. The maximum Gasteiger partial charge on any atom is 0.306 e. The van der Waals surface area contributed by atoms with Crippen LogP contribution in [0.5, 0.6) is 0 Å². The molecule has 1 heterocycles. The Bertz CT molecular complexity index is 259. The van der Waals surface area contributed by atoms with Gasteiger partial charge in [-0.15, -0.1) is 0 Å². The molecule has 13 heavy (non-hydrogen) atoms. The van der Waals surface area contributed by atoms with Crippen LogP contribution in [-0.2, 0) is 9.53 Å². The van der Waals surface area contributed by atoms with Gasteiger partial charge in [0, 0.05) is 17.3 Å². The smallest absolute Gasteiger partial charge is 0.306 e. The lowest BCUT2D eigenvalue weighted by atomic mass is 9.67. The number of carbonyl (C=O) groups is 1. The maximum absolute atomic E-state index is 11.2. The first kappa shape index (κ1) is 9.00. The fourth-order valence-corrected chi connectivity index (χ4v) is 2.57. The Morgan fingerprint density at radius 1 is 1.46 bits per heavy atom. The highest BCUT2D eigenvalue weighted by Crippen LogP contribution is 2.58. The first-order valence-corrected chi connectivity index (χ1v) is 4.75. The fraction of sp³-hybridized carbons (Fsp3) is 0.900. The van der Waals surface area contributed by atoms with Crippen molar-refractivity contribution in [3.05, 3.63) is 0 Å². The van der Waals surface area contributed by atoms with Crippen LogP contribution in [0.2, 0.25) is 0 Å². The van der Waals surface area contributed by atoms with E-state index in [0.29, 0.717) is 12.8 Å². The molecule has 2 fully saturated rings. The topological polar surface area (TPSA) is 46.5 Å². The van der Waals surface area contributed by atoms with E-state index in [9.17, 15) is 9.90 Å². The van der Waals surface area contributed by atoms with Crippen molar-refractivity contribution in [3.8, 4) is 0 Å². The van der Waals surface area contributed by atoms with Gasteiger partial charge in [-0.25, -0.2) is 0 Å². The first-order valence-electron chi connectivity index (χ1n) is 4.75. The number of hydrogen-bond acceptors (Lipinski definition) is 3. The van der Waals surface area contributed by atoms with Gasteiger partial charge in [0.2, 0.25) is 0 Å². The molecule has 0 bridgehead atoms. The van der Waals surface area contributed by atoms with E-state index in [0.717, 1.165) is 0 Å². The number of fused-ring (bicyclic) bond motifs is 1. The summed E-state index contributed by atoms with van der Waals surface area (Å²) < 4.78 is 5.20. The van der Waals surface area contributed by atoms with Crippen molar-refractivity contribution in [2.45, 2.75) is 45.8 Å². The highest BCUT2D eigenvalue weighted by atomic mass is 16.6. The van der Waals surface area contributed by atoms with Crippen molar-refractivity contribution in [3.63, 3.8) is 0 Å². The average Bonchev–Trinajstić information content (AvgIpc) is 2.33. The second-order valence-corrected chi connectivity index (χ2v) is 5.05. The second kappa shape index (κ2) is 2.27. The molecular weight excluding hydrogens is 168 g/mol. The van der Waals surface area contributed by atoms with Crippen molar-refractivity contribution < 1.29 is 14.6 Å². The third kappa shape index (κ3) is 0.909. The predicted octanol–water partition coefficient (Wildman–Crippen LogP) is 1.10. The van der Waals surface area contributed by atoms with Crippen LogP contribution in [0.4, 0.5) is 0 Å². The van der Waals surface area contributed by atoms with Crippen LogP contribution in [0.1, 0.15) is 33.6 Å². The SMILES string of the molecule is CC1(C)[C@@H](O)C[C@H]2OC(=O)C[C@]21C. The Hall–Kier alpha value is -0.570. The lowest BCUT2D eigenvalue weighted by Gasteiger charge is -2.37. The molecule has 3 nitrogen and oxygen atoms in total. The van der Waals surface area contributed by atoms with Gasteiger partial charge in [0.25, 0.3) is 0 Å². The van der Waals surface area contributed by atoms with E-state index in [1.165, 1.54) is 0 Å². The fourth-order valence-electron chi connectivity index (χ4n) is 2.57. The Kier molecular flexibility index (Phi) is 1.57. The summed E-state index contributed by atoms with van der Waals surface area (Å²) >= 11 is 0. The van der Waals surface area contributed by atoms with Crippen LogP contribution in [-0.4, -0.2) is 23.3 Å². The number of rotatable bonds is 0. The molecule has 3 atom stereocenters. The Labute approximate surface area is 78.1 Å². The van der Waals surface area contributed by atoms with Gasteiger partial charge >= 0.3 is 5.97 Å². The van der Waals surface area contributed by atoms with Crippen LogP contribution >= 0.6 is 0 Å². The summed E-state index contributed by atoms with van der Waals surface area (Å²) in [7, 11) is 0. The normalized spacial score (nSPS) is 47.5. The monoisotopic (exact) mass is 184 g/mol. The zero-order chi connectivity index (χ0) is 9.85. The third-order valence-corrected chi connectivity index (χ3v) is 4.24. The average molecular weight is 184 g/mol. The molecule has 2 rings (SSSR count). The predicted molar refractivity (Wildman–Crippen MR) is 47.0 cm³/mol. The van der Waals surface area contributed by atoms with E-state index in [4.69, 9.17) is 4.74 Å². The Morgan fingerprint density at radius 2 is 2.08 bits per heavy atom. The van der Waals surface area contributed by atoms with Gasteiger partial charge in [0.05, 0.1) is 12.5 Å². The summed E-state index contributed by atoms with van der Waals surface area (Å²) in [5.74, 6) is -0.118. The summed E-state index contributed by atoms with van der Waals surface area (Å²) in [6.45, 7) is 6.07. The quantitative estimate of drug-likeness (QED) is 0.573. The van der Waals surface area contributed by atoms with Gasteiger partial charge in [-0.3, -0.25) is 4.79 Å². The van der Waals surface area contributed by atoms with Gasteiger partial charge in [-0.2, -0.15) is 0 Å². The summed E-state index contributed by atoms with van der Waals surface area (Å²) in [6, 6.07) is 0. The Balaban J connectivity index is 2.37. The number of esters is 1. The Morgan fingerprint density at radius 3 is 2.62 bits per heavy atom. The molecule has 0 aromatic carbocycles. The van der Waals surface area contributed by atoms with Crippen molar-refractivity contribution in [1.29, 1.82) is 0 Å². The molecule has 2 aliphatic rings. The van der Waals surface area contributed by atoms with E-state index in [1.54, 1.807) is 0 Å². The molecule has 1 saturated carbocycles. The second-order valence-electron chi connectivity index (χ2n) is 5.05. The van der Waals surface area contributed by atoms with Crippen LogP contribution in [0, 0.1) is 10.8 Å². The number of aliphatic hydroxyl groups excluding tert-OH is 1. The minimum absolute atomic E-state index is 0.0787. The molecule has 1 aliphatic heterocycles. The molecule has 1 N–H and O–H groups in total. The van der Waals surface area contributed by atoms with E-state index in [2.05, 4.69) is 0 Å². The van der Waals surface area contributed by atoms with Gasteiger partial charge in [0.15, 0.2) is 0 Å².